The lowest BCUT2D eigenvalue weighted by Crippen LogP contribution is -2.50. The lowest BCUT2D eigenvalue weighted by molar-refractivity contribution is -0.149. The van der Waals surface area contributed by atoms with Gasteiger partial charge >= 0.3 is 5.97 Å². The van der Waals surface area contributed by atoms with Gasteiger partial charge in [-0.1, -0.05) is 6.07 Å². The van der Waals surface area contributed by atoms with Crippen LogP contribution in [0.5, 0.6) is 5.75 Å². The standard InChI is InChI=1S/C20H29NO7S2/c1-4-28-20(22)15-7-9-21(10-8-15)16-12-29(23,24)13-19(16)30(25,26)18-11-14(2)5-6-17(18)27-3/h5-6,11,15-16,19H,4,7-10,12-13H2,1-3H3/t16-,19+/m1/s1. The fraction of sp³-hybridized carbons (Fsp3) is 0.650. The number of aryl methyl sites for hydroxylation is 1. The zero-order valence-corrected chi connectivity index (χ0v) is 19.2. The molecule has 0 spiro atoms. The van der Waals surface area contributed by atoms with E-state index in [1.54, 1.807) is 26.0 Å². The van der Waals surface area contributed by atoms with Crippen molar-refractivity contribution in [3.8, 4) is 5.75 Å². The first-order valence-corrected chi connectivity index (χ1v) is 13.5. The molecule has 30 heavy (non-hydrogen) atoms. The number of likely N-dealkylation sites (tertiary alicyclic amines) is 1. The molecule has 3 rings (SSSR count). The highest BCUT2D eigenvalue weighted by atomic mass is 32.2. The normalized spacial score (nSPS) is 25.2. The summed E-state index contributed by atoms with van der Waals surface area (Å²) < 4.78 is 62.3. The third kappa shape index (κ3) is 4.65. The number of hydrogen-bond acceptors (Lipinski definition) is 8. The highest BCUT2D eigenvalue weighted by Gasteiger charge is 2.49. The van der Waals surface area contributed by atoms with Crippen molar-refractivity contribution in [3.63, 3.8) is 0 Å². The monoisotopic (exact) mass is 459 g/mol. The second kappa shape index (κ2) is 8.84. The minimum Gasteiger partial charge on any atom is -0.495 e. The molecule has 2 saturated heterocycles. The average molecular weight is 460 g/mol. The van der Waals surface area contributed by atoms with Gasteiger partial charge in [-0.3, -0.25) is 9.69 Å². The first kappa shape index (κ1) is 23.0. The molecule has 8 nitrogen and oxygen atoms in total. The van der Waals surface area contributed by atoms with Gasteiger partial charge in [0.2, 0.25) is 0 Å². The lowest BCUT2D eigenvalue weighted by Gasteiger charge is -2.36. The Labute approximate surface area is 178 Å². The number of methoxy groups -OCH3 is 1. The number of piperidine rings is 1. The molecule has 0 N–H and O–H groups in total. The van der Waals surface area contributed by atoms with Gasteiger partial charge in [-0.25, -0.2) is 16.8 Å². The molecule has 0 saturated carbocycles. The van der Waals surface area contributed by atoms with E-state index < -0.39 is 36.7 Å². The molecule has 2 heterocycles. The largest absolute Gasteiger partial charge is 0.495 e. The third-order valence-corrected chi connectivity index (χ3v) is 10.1. The molecule has 2 fully saturated rings. The van der Waals surface area contributed by atoms with Gasteiger partial charge in [-0.05, 0) is 57.5 Å². The fourth-order valence-corrected chi connectivity index (χ4v) is 9.40. The predicted molar refractivity (Wildman–Crippen MR) is 112 cm³/mol. The Morgan fingerprint density at radius 3 is 2.47 bits per heavy atom. The number of rotatable bonds is 6. The molecule has 2 aliphatic heterocycles. The van der Waals surface area contributed by atoms with E-state index in [2.05, 4.69) is 0 Å². The smallest absolute Gasteiger partial charge is 0.309 e. The van der Waals surface area contributed by atoms with Crippen LogP contribution in [0.1, 0.15) is 25.3 Å². The van der Waals surface area contributed by atoms with Crippen LogP contribution in [0.3, 0.4) is 0 Å². The van der Waals surface area contributed by atoms with Crippen molar-refractivity contribution in [2.24, 2.45) is 5.92 Å². The van der Waals surface area contributed by atoms with E-state index in [9.17, 15) is 21.6 Å². The van der Waals surface area contributed by atoms with Crippen molar-refractivity contribution in [3.05, 3.63) is 23.8 Å². The number of ether oxygens (including phenoxy) is 2. The SMILES string of the molecule is CCOC(=O)C1CCN([C@@H]2CS(=O)(=O)C[C@@H]2S(=O)(=O)c2cc(C)ccc2OC)CC1. The van der Waals surface area contributed by atoms with Crippen LogP contribution in [0, 0.1) is 12.8 Å². The van der Waals surface area contributed by atoms with Gasteiger partial charge in [0.15, 0.2) is 19.7 Å². The minimum absolute atomic E-state index is 0.0264. The van der Waals surface area contributed by atoms with Crippen LogP contribution in [-0.2, 0) is 29.2 Å². The van der Waals surface area contributed by atoms with Gasteiger partial charge < -0.3 is 9.47 Å². The molecule has 2 aliphatic rings. The average Bonchev–Trinajstić information content (AvgIpc) is 3.04. The zero-order valence-electron chi connectivity index (χ0n) is 17.5. The van der Waals surface area contributed by atoms with Crippen LogP contribution in [0.25, 0.3) is 0 Å². The molecule has 0 aliphatic carbocycles. The Morgan fingerprint density at radius 1 is 1.20 bits per heavy atom. The summed E-state index contributed by atoms with van der Waals surface area (Å²) in [7, 11) is -6.06. The minimum atomic E-state index is -3.95. The summed E-state index contributed by atoms with van der Waals surface area (Å²) >= 11 is 0. The summed E-state index contributed by atoms with van der Waals surface area (Å²) in [6, 6.07) is 4.23. The summed E-state index contributed by atoms with van der Waals surface area (Å²) in [4.78, 5) is 13.9. The Morgan fingerprint density at radius 2 is 1.87 bits per heavy atom. The quantitative estimate of drug-likeness (QED) is 0.585. The van der Waals surface area contributed by atoms with Crippen LogP contribution in [-0.4, -0.2) is 77.3 Å². The highest BCUT2D eigenvalue weighted by Crippen LogP contribution is 2.35. The predicted octanol–water partition coefficient (Wildman–Crippen LogP) is 1.22. The number of carbonyl (C=O) groups is 1. The number of esters is 1. The Hall–Kier alpha value is -1.65. The van der Waals surface area contributed by atoms with Crippen molar-refractivity contribution in [1.82, 2.24) is 4.90 Å². The van der Waals surface area contributed by atoms with Gasteiger partial charge in [0.25, 0.3) is 0 Å². The maximum Gasteiger partial charge on any atom is 0.309 e. The number of hydrogen-bond donors (Lipinski definition) is 0. The maximum absolute atomic E-state index is 13.5. The highest BCUT2D eigenvalue weighted by molar-refractivity contribution is 7.96. The molecule has 1 aromatic rings. The third-order valence-electron chi connectivity index (χ3n) is 5.91. The second-order valence-electron chi connectivity index (χ2n) is 7.94. The molecule has 0 amide bonds. The van der Waals surface area contributed by atoms with E-state index in [1.165, 1.54) is 13.2 Å². The van der Waals surface area contributed by atoms with Crippen molar-refractivity contribution in [1.29, 1.82) is 0 Å². The Kier molecular flexibility index (Phi) is 6.78. The van der Waals surface area contributed by atoms with E-state index in [4.69, 9.17) is 9.47 Å². The summed E-state index contributed by atoms with van der Waals surface area (Å²) in [5, 5.41) is -1.07. The van der Waals surface area contributed by atoms with Gasteiger partial charge in [0.05, 0.1) is 36.4 Å². The summed E-state index contributed by atoms with van der Waals surface area (Å²) in [6.45, 7) is 4.77. The first-order valence-electron chi connectivity index (χ1n) is 10.1. The van der Waals surface area contributed by atoms with Crippen LogP contribution >= 0.6 is 0 Å². The van der Waals surface area contributed by atoms with Crippen molar-refractivity contribution in [2.75, 3.05) is 38.3 Å². The van der Waals surface area contributed by atoms with Crippen molar-refractivity contribution < 1.29 is 31.1 Å². The molecule has 10 heteroatoms. The molecular weight excluding hydrogens is 430 g/mol. The molecule has 0 unspecified atom stereocenters. The van der Waals surface area contributed by atoms with Gasteiger partial charge in [0.1, 0.15) is 10.6 Å². The van der Waals surface area contributed by atoms with E-state index in [0.29, 0.717) is 32.5 Å². The van der Waals surface area contributed by atoms with Crippen LogP contribution < -0.4 is 4.74 Å². The number of carbonyl (C=O) groups excluding carboxylic acids is 1. The van der Waals surface area contributed by atoms with Crippen LogP contribution in [0.4, 0.5) is 0 Å². The fourth-order valence-electron chi connectivity index (χ4n) is 4.33. The van der Waals surface area contributed by atoms with E-state index in [1.807, 2.05) is 4.90 Å². The zero-order chi connectivity index (χ0) is 22.1. The molecule has 2 atom stereocenters. The van der Waals surface area contributed by atoms with E-state index >= 15 is 0 Å². The Bertz CT molecular complexity index is 996. The molecule has 168 valence electrons. The lowest BCUT2D eigenvalue weighted by atomic mass is 9.95. The number of sulfone groups is 2. The molecule has 0 bridgehead atoms. The summed E-state index contributed by atoms with van der Waals surface area (Å²) in [5.74, 6) is -0.870. The maximum atomic E-state index is 13.5. The van der Waals surface area contributed by atoms with E-state index in [-0.39, 0.29) is 28.3 Å². The number of nitrogens with zero attached hydrogens (tertiary/aromatic N) is 1. The summed E-state index contributed by atoms with van der Waals surface area (Å²) in [6.07, 6.45) is 1.05. The summed E-state index contributed by atoms with van der Waals surface area (Å²) in [5.41, 5.74) is 0.752. The number of benzene rings is 1. The van der Waals surface area contributed by atoms with Gasteiger partial charge in [-0.2, -0.15) is 0 Å². The Balaban J connectivity index is 1.87. The van der Waals surface area contributed by atoms with E-state index in [0.717, 1.165) is 5.56 Å². The molecule has 0 aromatic heterocycles. The molecule has 1 aromatic carbocycles. The first-order chi connectivity index (χ1) is 14.1. The van der Waals surface area contributed by atoms with Crippen LogP contribution in [0.2, 0.25) is 0 Å². The molecule has 0 radical (unpaired) electrons. The second-order valence-corrected chi connectivity index (χ2v) is 12.2. The molecular formula is C20H29NO7S2. The van der Waals surface area contributed by atoms with Crippen molar-refractivity contribution in [2.45, 2.75) is 42.9 Å². The van der Waals surface area contributed by atoms with Gasteiger partial charge in [0, 0.05) is 6.04 Å². The van der Waals surface area contributed by atoms with Crippen LogP contribution in [0.15, 0.2) is 23.1 Å². The van der Waals surface area contributed by atoms with Gasteiger partial charge in [-0.15, -0.1) is 0 Å². The van der Waals surface area contributed by atoms with Crippen molar-refractivity contribution >= 4 is 25.6 Å². The topological polar surface area (TPSA) is 107 Å².